The van der Waals surface area contributed by atoms with Gasteiger partial charge in [-0.2, -0.15) is 0 Å². The highest BCUT2D eigenvalue weighted by Gasteiger charge is 2.27. The summed E-state index contributed by atoms with van der Waals surface area (Å²) >= 11 is 0. The molecule has 1 heterocycles. The van der Waals surface area contributed by atoms with Gasteiger partial charge in [0.05, 0.1) is 4.90 Å². The van der Waals surface area contributed by atoms with Crippen molar-refractivity contribution in [2.75, 3.05) is 0 Å². The second-order valence-electron chi connectivity index (χ2n) is 10.3. The van der Waals surface area contributed by atoms with Crippen LogP contribution >= 0.6 is 0 Å². The number of nitrogens with one attached hydrogen (secondary N) is 1. The monoisotopic (exact) mass is 483 g/mol. The normalized spacial score (nSPS) is 15.6. The highest BCUT2D eigenvalue weighted by molar-refractivity contribution is 7.89. The van der Waals surface area contributed by atoms with Crippen molar-refractivity contribution >= 4 is 26.8 Å². The number of rotatable bonds is 6. The van der Waals surface area contributed by atoms with Crippen LogP contribution in [0, 0.1) is 12.8 Å². The molecule has 8 heteroatoms. The van der Waals surface area contributed by atoms with E-state index in [0.717, 1.165) is 23.8 Å². The minimum absolute atomic E-state index is 0.0426. The van der Waals surface area contributed by atoms with Crippen molar-refractivity contribution in [3.05, 3.63) is 47.8 Å². The highest BCUT2D eigenvalue weighted by atomic mass is 32.2. The van der Waals surface area contributed by atoms with E-state index in [1.54, 1.807) is 45.9 Å². The molecule has 1 aliphatic carbocycles. The van der Waals surface area contributed by atoms with Crippen LogP contribution in [0.1, 0.15) is 69.1 Å². The predicted octanol–water partition coefficient (Wildman–Crippen LogP) is 5.37. The van der Waals surface area contributed by atoms with Gasteiger partial charge in [0, 0.05) is 28.7 Å². The maximum absolute atomic E-state index is 13.2. The number of carboxylic acids is 1. The topological polar surface area (TPSA) is 101 Å². The number of nitrogens with zero attached hydrogens (tertiary/aromatic N) is 2. The van der Waals surface area contributed by atoms with Crippen LogP contribution in [0.4, 0.5) is 0 Å². The zero-order valence-corrected chi connectivity index (χ0v) is 21.1. The van der Waals surface area contributed by atoms with Gasteiger partial charge in [-0.05, 0) is 64.0 Å². The third-order valence-corrected chi connectivity index (χ3v) is 8.26. The molecule has 0 amide bonds. The Morgan fingerprint density at radius 2 is 1.74 bits per heavy atom. The van der Waals surface area contributed by atoms with Crippen molar-refractivity contribution in [1.82, 2.24) is 14.3 Å². The van der Waals surface area contributed by atoms with E-state index < -0.39 is 21.5 Å². The molecule has 182 valence electrons. The number of benzene rings is 2. The summed E-state index contributed by atoms with van der Waals surface area (Å²) in [6, 6.07) is 10.7. The molecular formula is C26H33N3O4S. The molecule has 0 unspecified atom stereocenters. The quantitative estimate of drug-likeness (QED) is 0.491. The molecule has 3 aromatic rings. The lowest BCUT2D eigenvalue weighted by atomic mass is 9.89. The van der Waals surface area contributed by atoms with E-state index >= 15 is 0 Å². The van der Waals surface area contributed by atoms with Crippen LogP contribution in [0.25, 0.3) is 22.2 Å². The van der Waals surface area contributed by atoms with Gasteiger partial charge in [0.2, 0.25) is 10.0 Å². The number of aromatic carboxylic acids is 1. The summed E-state index contributed by atoms with van der Waals surface area (Å²) in [6.07, 6.45) is 5.87. The zero-order valence-electron chi connectivity index (χ0n) is 20.3. The first-order chi connectivity index (χ1) is 16.0. The standard InChI is InChI=1S/C26H33N3O4S/c1-17-23(25(30)31)27-24(29(17)16-18-10-6-5-7-11-18)21-14-15-22(20-13-9-8-12-19(20)21)34(32,33)28-26(2,3)4/h8-9,12-15,18,28H,5-7,10-11,16H2,1-4H3,(H,30,31). The molecule has 7 nitrogen and oxygen atoms in total. The van der Waals surface area contributed by atoms with Gasteiger partial charge in [-0.3, -0.25) is 0 Å². The van der Waals surface area contributed by atoms with E-state index in [4.69, 9.17) is 0 Å². The number of fused-ring (bicyclic) bond motifs is 1. The molecule has 0 aliphatic heterocycles. The first-order valence-electron chi connectivity index (χ1n) is 11.8. The predicted molar refractivity (Wildman–Crippen MR) is 134 cm³/mol. The molecule has 1 saturated carbocycles. The molecule has 0 radical (unpaired) electrons. The lowest BCUT2D eigenvalue weighted by Crippen LogP contribution is -2.40. The number of aromatic nitrogens is 2. The third-order valence-electron chi connectivity index (χ3n) is 6.44. The highest BCUT2D eigenvalue weighted by Crippen LogP contribution is 2.35. The van der Waals surface area contributed by atoms with Crippen molar-refractivity contribution in [3.8, 4) is 11.4 Å². The van der Waals surface area contributed by atoms with Crippen molar-refractivity contribution in [2.24, 2.45) is 5.92 Å². The molecule has 2 aromatic carbocycles. The SMILES string of the molecule is Cc1c(C(=O)O)nc(-c2ccc(S(=O)(=O)NC(C)(C)C)c3ccccc23)n1CC1CCCCC1. The van der Waals surface area contributed by atoms with Gasteiger partial charge in [-0.15, -0.1) is 0 Å². The van der Waals surface area contributed by atoms with Gasteiger partial charge < -0.3 is 9.67 Å². The van der Waals surface area contributed by atoms with Crippen molar-refractivity contribution in [2.45, 2.75) is 76.8 Å². The Hall–Kier alpha value is -2.71. The summed E-state index contributed by atoms with van der Waals surface area (Å²) in [4.78, 5) is 16.7. The van der Waals surface area contributed by atoms with Crippen molar-refractivity contribution in [3.63, 3.8) is 0 Å². The number of imidazole rings is 1. The minimum Gasteiger partial charge on any atom is -0.476 e. The van der Waals surface area contributed by atoms with Gasteiger partial charge >= 0.3 is 5.97 Å². The lowest BCUT2D eigenvalue weighted by molar-refractivity contribution is 0.0690. The first-order valence-corrected chi connectivity index (χ1v) is 13.3. The molecule has 1 fully saturated rings. The zero-order chi connectivity index (χ0) is 24.7. The average Bonchev–Trinajstić information content (AvgIpc) is 3.08. The summed E-state index contributed by atoms with van der Waals surface area (Å²) < 4.78 is 31.1. The lowest BCUT2D eigenvalue weighted by Gasteiger charge is -2.24. The van der Waals surface area contributed by atoms with Gasteiger partial charge in [0.15, 0.2) is 5.69 Å². The van der Waals surface area contributed by atoms with Gasteiger partial charge in [0.25, 0.3) is 0 Å². The number of hydrogen-bond acceptors (Lipinski definition) is 4. The average molecular weight is 484 g/mol. The smallest absolute Gasteiger partial charge is 0.356 e. The summed E-state index contributed by atoms with van der Waals surface area (Å²) in [7, 11) is -3.76. The molecule has 0 saturated heterocycles. The maximum atomic E-state index is 13.2. The second kappa shape index (κ2) is 9.15. The van der Waals surface area contributed by atoms with Crippen LogP contribution in [0.2, 0.25) is 0 Å². The summed E-state index contributed by atoms with van der Waals surface area (Å²) in [6.45, 7) is 7.93. The maximum Gasteiger partial charge on any atom is 0.356 e. The molecule has 0 spiro atoms. The van der Waals surface area contributed by atoms with Crippen LogP contribution in [-0.4, -0.2) is 34.6 Å². The minimum atomic E-state index is -3.76. The van der Waals surface area contributed by atoms with E-state index in [0.29, 0.717) is 29.4 Å². The van der Waals surface area contributed by atoms with Gasteiger partial charge in [-0.1, -0.05) is 43.5 Å². The Labute approximate surface area is 201 Å². The van der Waals surface area contributed by atoms with E-state index in [1.165, 1.54) is 19.3 Å². The van der Waals surface area contributed by atoms with Crippen molar-refractivity contribution < 1.29 is 18.3 Å². The van der Waals surface area contributed by atoms with Crippen LogP contribution in [-0.2, 0) is 16.6 Å². The van der Waals surface area contributed by atoms with E-state index in [2.05, 4.69) is 9.71 Å². The molecule has 1 aromatic heterocycles. The third kappa shape index (κ3) is 4.88. The summed E-state index contributed by atoms with van der Waals surface area (Å²) in [5.41, 5.74) is 0.781. The summed E-state index contributed by atoms with van der Waals surface area (Å²) in [5.74, 6) is -0.00706. The van der Waals surface area contributed by atoms with Crippen LogP contribution in [0.3, 0.4) is 0 Å². The Morgan fingerprint density at radius 3 is 2.35 bits per heavy atom. The fourth-order valence-corrected chi connectivity index (χ4v) is 6.58. The molecule has 2 N–H and O–H groups in total. The molecule has 4 rings (SSSR count). The van der Waals surface area contributed by atoms with Gasteiger partial charge in [0.1, 0.15) is 5.82 Å². The van der Waals surface area contributed by atoms with E-state index in [1.807, 2.05) is 22.8 Å². The number of sulfonamides is 1. The van der Waals surface area contributed by atoms with Gasteiger partial charge in [-0.25, -0.2) is 22.9 Å². The molecule has 34 heavy (non-hydrogen) atoms. The first kappa shape index (κ1) is 24.4. The number of carbonyl (C=O) groups is 1. The fourth-order valence-electron chi connectivity index (χ4n) is 4.95. The molecule has 1 aliphatic rings. The summed E-state index contributed by atoms with van der Waals surface area (Å²) in [5, 5.41) is 11.1. The Balaban J connectivity index is 1.89. The van der Waals surface area contributed by atoms with Crippen LogP contribution in [0.5, 0.6) is 0 Å². The Bertz CT molecular complexity index is 1330. The number of carboxylic acid groups (broad SMARTS) is 1. The molecule has 0 atom stereocenters. The van der Waals surface area contributed by atoms with E-state index in [9.17, 15) is 18.3 Å². The Morgan fingerprint density at radius 1 is 1.09 bits per heavy atom. The molecular weight excluding hydrogens is 450 g/mol. The Kier molecular flexibility index (Phi) is 6.57. The van der Waals surface area contributed by atoms with Crippen LogP contribution < -0.4 is 4.72 Å². The van der Waals surface area contributed by atoms with Crippen molar-refractivity contribution in [1.29, 1.82) is 0 Å². The van der Waals surface area contributed by atoms with Crippen LogP contribution in [0.15, 0.2) is 41.3 Å². The second-order valence-corrected chi connectivity index (χ2v) is 12.0. The fraction of sp³-hybridized carbons (Fsp3) is 0.462. The molecule has 0 bridgehead atoms. The van der Waals surface area contributed by atoms with E-state index in [-0.39, 0.29) is 10.6 Å². The largest absolute Gasteiger partial charge is 0.476 e. The number of hydrogen-bond donors (Lipinski definition) is 2.